The van der Waals surface area contributed by atoms with Gasteiger partial charge in [0, 0.05) is 24.2 Å². The van der Waals surface area contributed by atoms with Crippen LogP contribution in [0.5, 0.6) is 0 Å². The van der Waals surface area contributed by atoms with Crippen LogP contribution in [0.25, 0.3) is 21.9 Å². The number of benzene rings is 2. The highest BCUT2D eigenvalue weighted by molar-refractivity contribution is 6.02. The summed E-state index contributed by atoms with van der Waals surface area (Å²) in [6, 6.07) is 18.7. The van der Waals surface area contributed by atoms with E-state index in [0.29, 0.717) is 0 Å². The molecule has 2 heterocycles. The van der Waals surface area contributed by atoms with Crippen molar-refractivity contribution in [3.05, 3.63) is 66.6 Å². The highest BCUT2D eigenvalue weighted by atomic mass is 15.1. The molecule has 0 radical (unpaired) electrons. The molecule has 0 aliphatic heterocycles. The van der Waals surface area contributed by atoms with E-state index in [-0.39, 0.29) is 0 Å². The molecule has 26 heavy (non-hydrogen) atoms. The average Bonchev–Trinajstić information content (AvgIpc) is 3.01. The molecule has 0 spiro atoms. The molecule has 4 rings (SSSR count). The molecule has 2 aromatic heterocycles. The number of aryl methyl sites for hydroxylation is 2. The zero-order valence-corrected chi connectivity index (χ0v) is 15.2. The smallest absolute Gasteiger partial charge is 0.108 e. The second-order valence-electron chi connectivity index (χ2n) is 6.67. The van der Waals surface area contributed by atoms with Crippen molar-refractivity contribution in [3.63, 3.8) is 0 Å². The van der Waals surface area contributed by atoms with E-state index < -0.39 is 0 Å². The van der Waals surface area contributed by atoms with Crippen molar-refractivity contribution < 1.29 is 0 Å². The third kappa shape index (κ3) is 3.40. The second kappa shape index (κ2) is 7.56. The molecule has 1 N–H and O–H groups in total. The predicted molar refractivity (Wildman–Crippen MR) is 109 cm³/mol. The topological polar surface area (TPSA) is 42.7 Å². The van der Waals surface area contributed by atoms with Crippen molar-refractivity contribution in [2.24, 2.45) is 0 Å². The zero-order valence-electron chi connectivity index (χ0n) is 15.2. The first-order valence-electron chi connectivity index (χ1n) is 9.32. The summed E-state index contributed by atoms with van der Waals surface area (Å²) >= 11 is 0. The lowest BCUT2D eigenvalue weighted by molar-refractivity contribution is 0.596. The lowest BCUT2D eigenvalue weighted by atomic mass is 10.2. The van der Waals surface area contributed by atoms with E-state index in [2.05, 4.69) is 64.3 Å². The molecule has 0 atom stereocenters. The minimum atomic E-state index is 0.993. The fourth-order valence-electron chi connectivity index (χ4n) is 3.51. The van der Waals surface area contributed by atoms with Gasteiger partial charge in [-0.1, -0.05) is 36.4 Å². The van der Waals surface area contributed by atoms with Crippen LogP contribution in [-0.4, -0.2) is 21.1 Å². The number of rotatable bonds is 7. The molecular weight excluding hydrogens is 320 g/mol. The average molecular weight is 344 g/mol. The number of nitrogens with zero attached hydrogens (tertiary/aromatic N) is 3. The van der Waals surface area contributed by atoms with Gasteiger partial charge >= 0.3 is 0 Å². The third-order valence-corrected chi connectivity index (χ3v) is 4.83. The van der Waals surface area contributed by atoms with Gasteiger partial charge in [0.25, 0.3) is 0 Å². The Hall–Kier alpha value is -2.88. The minimum Gasteiger partial charge on any atom is -0.385 e. The van der Waals surface area contributed by atoms with Crippen LogP contribution in [0.1, 0.15) is 25.1 Å². The standard InChI is InChI=1S/C22H24N4/c1-17-25-21-16-24-20-13-7-6-12-19(20)22(21)26(17)15-9-3-8-14-23-18-10-4-2-5-11-18/h2,4-7,10-13,16,23H,3,8-9,14-15H2,1H3. The summed E-state index contributed by atoms with van der Waals surface area (Å²) in [4.78, 5) is 9.24. The fourth-order valence-corrected chi connectivity index (χ4v) is 3.51. The number of fused-ring (bicyclic) bond motifs is 3. The molecule has 4 aromatic rings. The lowest BCUT2D eigenvalue weighted by Gasteiger charge is -2.09. The van der Waals surface area contributed by atoms with Crippen LogP contribution in [0.4, 0.5) is 5.69 Å². The number of anilines is 1. The summed E-state index contributed by atoms with van der Waals surface area (Å²) in [7, 11) is 0. The van der Waals surface area contributed by atoms with E-state index in [0.717, 1.165) is 36.4 Å². The fraction of sp³-hybridized carbons (Fsp3) is 0.273. The Morgan fingerprint density at radius 2 is 1.69 bits per heavy atom. The maximum absolute atomic E-state index is 4.71. The van der Waals surface area contributed by atoms with Gasteiger partial charge in [-0.25, -0.2) is 4.98 Å². The molecule has 2 aromatic carbocycles. The van der Waals surface area contributed by atoms with Crippen LogP contribution >= 0.6 is 0 Å². The number of hydrogen-bond acceptors (Lipinski definition) is 3. The van der Waals surface area contributed by atoms with Crippen LogP contribution in [0.3, 0.4) is 0 Å². The van der Waals surface area contributed by atoms with Crippen LogP contribution < -0.4 is 5.32 Å². The van der Waals surface area contributed by atoms with Crippen LogP contribution in [0, 0.1) is 6.92 Å². The van der Waals surface area contributed by atoms with Crippen molar-refractivity contribution in [3.8, 4) is 0 Å². The Kier molecular flexibility index (Phi) is 4.82. The molecule has 0 aliphatic carbocycles. The maximum atomic E-state index is 4.71. The quantitative estimate of drug-likeness (QED) is 0.470. The molecule has 0 aliphatic rings. The van der Waals surface area contributed by atoms with Gasteiger partial charge in [0.05, 0.1) is 17.2 Å². The second-order valence-corrected chi connectivity index (χ2v) is 6.67. The summed E-state index contributed by atoms with van der Waals surface area (Å²) in [5.41, 5.74) is 4.44. The normalized spacial score (nSPS) is 11.3. The Labute approximate surface area is 153 Å². The minimum absolute atomic E-state index is 0.993. The van der Waals surface area contributed by atoms with E-state index >= 15 is 0 Å². The van der Waals surface area contributed by atoms with Crippen molar-refractivity contribution in [2.45, 2.75) is 32.7 Å². The highest BCUT2D eigenvalue weighted by Gasteiger charge is 2.11. The molecule has 0 unspecified atom stereocenters. The van der Waals surface area contributed by atoms with E-state index in [9.17, 15) is 0 Å². The van der Waals surface area contributed by atoms with Gasteiger partial charge < -0.3 is 9.88 Å². The van der Waals surface area contributed by atoms with Crippen molar-refractivity contribution in [1.29, 1.82) is 0 Å². The summed E-state index contributed by atoms with van der Waals surface area (Å²) in [5, 5.41) is 4.67. The van der Waals surface area contributed by atoms with Crippen LogP contribution in [0.15, 0.2) is 60.8 Å². The van der Waals surface area contributed by atoms with E-state index in [1.807, 2.05) is 18.3 Å². The van der Waals surface area contributed by atoms with Gasteiger partial charge in [0.15, 0.2) is 0 Å². The van der Waals surface area contributed by atoms with Gasteiger partial charge in [-0.05, 0) is 44.4 Å². The Balaban J connectivity index is 1.39. The molecule has 0 fully saturated rings. The number of imidazole rings is 1. The van der Waals surface area contributed by atoms with Gasteiger partial charge in [0.1, 0.15) is 11.3 Å². The molecule has 0 saturated heterocycles. The maximum Gasteiger partial charge on any atom is 0.108 e. The zero-order chi connectivity index (χ0) is 17.8. The Bertz CT molecular complexity index is 1000. The number of nitrogens with one attached hydrogen (secondary N) is 1. The lowest BCUT2D eigenvalue weighted by Crippen LogP contribution is -2.04. The molecule has 4 heteroatoms. The monoisotopic (exact) mass is 344 g/mol. The number of pyridine rings is 1. The van der Waals surface area contributed by atoms with Crippen molar-refractivity contribution >= 4 is 27.6 Å². The number of aromatic nitrogens is 3. The van der Waals surface area contributed by atoms with Crippen molar-refractivity contribution in [2.75, 3.05) is 11.9 Å². The van der Waals surface area contributed by atoms with E-state index in [4.69, 9.17) is 4.98 Å². The summed E-state index contributed by atoms with van der Waals surface area (Å²) in [6.45, 7) is 4.11. The predicted octanol–water partition coefficient (Wildman–Crippen LogP) is 5.18. The van der Waals surface area contributed by atoms with Gasteiger partial charge in [-0.2, -0.15) is 0 Å². The van der Waals surface area contributed by atoms with Crippen molar-refractivity contribution in [1.82, 2.24) is 14.5 Å². The Morgan fingerprint density at radius 1 is 0.885 bits per heavy atom. The largest absolute Gasteiger partial charge is 0.385 e. The molecule has 0 amide bonds. The van der Waals surface area contributed by atoms with Crippen LogP contribution in [-0.2, 0) is 6.54 Å². The van der Waals surface area contributed by atoms with Crippen LogP contribution in [0.2, 0.25) is 0 Å². The molecule has 0 bridgehead atoms. The molecule has 0 saturated carbocycles. The van der Waals surface area contributed by atoms with Gasteiger partial charge in [-0.15, -0.1) is 0 Å². The highest BCUT2D eigenvalue weighted by Crippen LogP contribution is 2.24. The summed E-state index contributed by atoms with van der Waals surface area (Å²) in [5.74, 6) is 1.07. The molecule has 4 nitrogen and oxygen atoms in total. The number of para-hydroxylation sites is 2. The summed E-state index contributed by atoms with van der Waals surface area (Å²) < 4.78 is 2.35. The van der Waals surface area contributed by atoms with E-state index in [1.165, 1.54) is 29.4 Å². The van der Waals surface area contributed by atoms with Gasteiger partial charge in [-0.3, -0.25) is 4.98 Å². The molecular formula is C22H24N4. The van der Waals surface area contributed by atoms with Gasteiger partial charge in [0.2, 0.25) is 0 Å². The Morgan fingerprint density at radius 3 is 2.58 bits per heavy atom. The van der Waals surface area contributed by atoms with E-state index in [1.54, 1.807) is 0 Å². The third-order valence-electron chi connectivity index (χ3n) is 4.83. The number of unbranched alkanes of at least 4 members (excludes halogenated alkanes) is 2. The SMILES string of the molecule is Cc1nc2cnc3ccccc3c2n1CCCCCNc1ccccc1. The number of hydrogen-bond donors (Lipinski definition) is 1. The first-order chi connectivity index (χ1) is 12.8. The summed E-state index contributed by atoms with van der Waals surface area (Å²) in [6.07, 6.45) is 5.41. The first-order valence-corrected chi connectivity index (χ1v) is 9.32. The first kappa shape index (κ1) is 16.6. The molecule has 132 valence electrons.